The second kappa shape index (κ2) is 8.47. The maximum absolute atomic E-state index is 13.2. The average molecular weight is 440 g/mol. The summed E-state index contributed by atoms with van der Waals surface area (Å²) < 4.78 is 9.23. The largest absolute Gasteiger partial charge is 1.00 e. The summed E-state index contributed by atoms with van der Waals surface area (Å²) in [6.07, 6.45) is 0. The number of methoxy groups -OCH3 is 1. The van der Waals surface area contributed by atoms with Crippen LogP contribution in [0.1, 0.15) is 11.3 Å². The summed E-state index contributed by atoms with van der Waals surface area (Å²) in [5, 5.41) is 17.7. The number of thiazole rings is 1. The Bertz CT molecular complexity index is 1390. The van der Waals surface area contributed by atoms with Crippen LogP contribution >= 0.6 is 11.3 Å². The van der Waals surface area contributed by atoms with Gasteiger partial charge in [-0.05, 0) is 37.1 Å². The average Bonchev–Trinajstić information content (AvgIpc) is 3.32. The van der Waals surface area contributed by atoms with Crippen molar-refractivity contribution in [2.24, 2.45) is 0 Å². The number of rotatable bonds is 4. The third kappa shape index (κ3) is 3.65. The number of hydrogen-bond donors (Lipinski definition) is 0. The molecule has 0 bridgehead atoms. The van der Waals surface area contributed by atoms with E-state index in [0.29, 0.717) is 34.4 Å². The number of pyridine rings is 1. The molecule has 2 aliphatic rings. The predicted molar refractivity (Wildman–Crippen MR) is 114 cm³/mol. The molecule has 7 nitrogen and oxygen atoms in total. The van der Waals surface area contributed by atoms with E-state index in [-0.39, 0.29) is 41.0 Å². The van der Waals surface area contributed by atoms with Crippen LogP contribution in [0.3, 0.4) is 0 Å². The minimum Gasteiger partial charge on any atom is -0.860 e. The Morgan fingerprint density at radius 2 is 1.87 bits per heavy atom. The maximum Gasteiger partial charge on any atom is 1.00 e. The van der Waals surface area contributed by atoms with Gasteiger partial charge in [0.2, 0.25) is 5.13 Å². The van der Waals surface area contributed by atoms with E-state index in [9.17, 15) is 9.90 Å². The van der Waals surface area contributed by atoms with E-state index in [1.54, 1.807) is 18.6 Å². The van der Waals surface area contributed by atoms with E-state index in [1.165, 1.54) is 22.1 Å². The Labute approximate surface area is 204 Å². The molecule has 3 heterocycles. The Kier molecular flexibility index (Phi) is 5.90. The molecule has 0 atom stereocenters. The Balaban J connectivity index is 0.00000231. The van der Waals surface area contributed by atoms with Crippen LogP contribution in [0.5, 0.6) is 11.6 Å². The van der Waals surface area contributed by atoms with Crippen molar-refractivity contribution in [2.45, 2.75) is 13.5 Å². The van der Waals surface area contributed by atoms with Crippen LogP contribution in [-0.4, -0.2) is 26.4 Å². The first-order valence-electron chi connectivity index (χ1n) is 9.35. The van der Waals surface area contributed by atoms with Crippen LogP contribution in [0.25, 0.3) is 26.6 Å². The van der Waals surface area contributed by atoms with E-state index >= 15 is 0 Å². The van der Waals surface area contributed by atoms with E-state index in [1.807, 2.05) is 48.5 Å². The zero-order valence-electron chi connectivity index (χ0n) is 17.3. The Morgan fingerprint density at radius 3 is 2.65 bits per heavy atom. The van der Waals surface area contributed by atoms with Crippen LogP contribution < -0.4 is 45.0 Å². The molecule has 0 radical (unpaired) electrons. The first-order chi connectivity index (χ1) is 14.6. The van der Waals surface area contributed by atoms with E-state index in [0.717, 1.165) is 15.8 Å². The Morgan fingerprint density at radius 1 is 1.13 bits per heavy atom. The quantitative estimate of drug-likeness (QED) is 0.373. The van der Waals surface area contributed by atoms with Gasteiger partial charge < -0.3 is 14.4 Å². The number of para-hydroxylation sites is 2. The molecule has 0 fully saturated rings. The monoisotopic (exact) mass is 440 g/mol. The zero-order chi connectivity index (χ0) is 20.8. The first-order valence-corrected chi connectivity index (χ1v) is 10.2. The molecule has 150 valence electrons. The summed E-state index contributed by atoms with van der Waals surface area (Å²) in [7, 11) is 1.59. The van der Waals surface area contributed by atoms with Crippen LogP contribution in [0.4, 0.5) is 0 Å². The summed E-state index contributed by atoms with van der Waals surface area (Å²) >= 11 is 1.39. The molecule has 5 rings (SSSR count). The fraction of sp³-hybridized carbons (Fsp3) is 0.136. The summed E-state index contributed by atoms with van der Waals surface area (Å²) in [4.78, 5) is 17.7. The van der Waals surface area contributed by atoms with Gasteiger partial charge in [-0.25, -0.2) is 4.98 Å². The molecular weight excluding hydrogens is 423 g/mol. The molecule has 1 aromatic heterocycles. The number of hydrogen-bond acceptors (Lipinski definition) is 6. The number of benzene rings is 2. The van der Waals surface area contributed by atoms with Gasteiger partial charge in [-0.3, -0.25) is 4.79 Å². The molecule has 0 aliphatic carbocycles. The standard InChI is InChI=1S/C22H18N4O3S.Na/c1-13-20-16(11-19(27)25(13)12-14-7-3-5-9-17(14)29-2)24-26(21(20)28)22-23-15-8-4-6-10-18(15)30-22;/h3-11,27H,12H2,1-2H3;/q;+1/p-1. The van der Waals surface area contributed by atoms with E-state index in [2.05, 4.69) is 10.1 Å². The van der Waals surface area contributed by atoms with Crippen molar-refractivity contribution < 1.29 is 39.4 Å². The number of aromatic nitrogens is 4. The second-order valence-corrected chi connectivity index (χ2v) is 7.92. The van der Waals surface area contributed by atoms with Crippen LogP contribution in [-0.2, 0) is 6.54 Å². The molecule has 0 saturated carbocycles. The molecule has 9 heteroatoms. The van der Waals surface area contributed by atoms with Crippen molar-refractivity contribution in [3.8, 4) is 28.0 Å². The van der Waals surface area contributed by atoms with Crippen LogP contribution in [0.2, 0.25) is 0 Å². The fourth-order valence-electron chi connectivity index (χ4n) is 3.64. The predicted octanol–water partition coefficient (Wildman–Crippen LogP) is 0.191. The molecule has 31 heavy (non-hydrogen) atoms. The van der Waals surface area contributed by atoms with Crippen molar-refractivity contribution >= 4 is 21.6 Å². The first kappa shape index (κ1) is 21.6. The molecular formula is C22H17N4NaO3S. The van der Waals surface area contributed by atoms with Gasteiger partial charge in [-0.15, -0.1) is 0 Å². The van der Waals surface area contributed by atoms with Crippen LogP contribution in [0, 0.1) is 6.92 Å². The van der Waals surface area contributed by atoms with Gasteiger partial charge in [0, 0.05) is 11.3 Å². The van der Waals surface area contributed by atoms with Crippen LogP contribution in [0.15, 0.2) is 59.4 Å². The van der Waals surface area contributed by atoms with Gasteiger partial charge >= 0.3 is 29.6 Å². The topological polar surface area (TPSA) is 85.0 Å². The fourth-order valence-corrected chi connectivity index (χ4v) is 4.55. The normalized spacial score (nSPS) is 11.0. The van der Waals surface area contributed by atoms with Crippen molar-refractivity contribution in [3.05, 3.63) is 76.2 Å². The Hall–Kier alpha value is -2.65. The van der Waals surface area contributed by atoms with Crippen molar-refractivity contribution in [3.63, 3.8) is 0 Å². The van der Waals surface area contributed by atoms with Gasteiger partial charge in [0.1, 0.15) is 5.75 Å². The smallest absolute Gasteiger partial charge is 0.860 e. The minimum atomic E-state index is -0.282. The third-order valence-electron chi connectivity index (χ3n) is 5.15. The second-order valence-electron chi connectivity index (χ2n) is 6.91. The minimum absolute atomic E-state index is 0. The molecule has 0 spiro atoms. The van der Waals surface area contributed by atoms with Gasteiger partial charge in [0.15, 0.2) is 0 Å². The maximum atomic E-state index is 13.2. The van der Waals surface area contributed by atoms with Gasteiger partial charge in [-0.1, -0.05) is 41.7 Å². The molecule has 0 N–H and O–H groups in total. The zero-order valence-corrected chi connectivity index (χ0v) is 20.1. The van der Waals surface area contributed by atoms with E-state index in [4.69, 9.17) is 4.74 Å². The van der Waals surface area contributed by atoms with Crippen molar-refractivity contribution in [1.29, 1.82) is 0 Å². The molecule has 3 aromatic rings. The summed E-state index contributed by atoms with van der Waals surface area (Å²) in [6.45, 7) is 2.07. The van der Waals surface area contributed by atoms with Gasteiger partial charge in [-0.2, -0.15) is 9.78 Å². The summed E-state index contributed by atoms with van der Waals surface area (Å²) in [5.74, 6) is 0.469. The van der Waals surface area contributed by atoms with E-state index < -0.39 is 0 Å². The van der Waals surface area contributed by atoms with Crippen molar-refractivity contribution in [2.75, 3.05) is 7.11 Å². The number of fused-ring (bicyclic) bond motifs is 2. The SMILES string of the molecule is COc1ccccc1Cn1c([O-])cc2nn(-c3nc4ccccc4s3)c(=O)c-2c1C.[Na+]. The van der Waals surface area contributed by atoms with Gasteiger partial charge in [0.25, 0.3) is 5.56 Å². The molecule has 2 aliphatic heterocycles. The third-order valence-corrected chi connectivity index (χ3v) is 6.16. The molecule has 0 amide bonds. The molecule has 0 unspecified atom stereocenters. The van der Waals surface area contributed by atoms with Gasteiger partial charge in [0.05, 0.1) is 35.1 Å². The number of ether oxygens (including phenoxy) is 1. The molecule has 2 aromatic carbocycles. The number of nitrogens with zero attached hydrogens (tertiary/aromatic N) is 4. The van der Waals surface area contributed by atoms with Crippen molar-refractivity contribution in [1.82, 2.24) is 19.3 Å². The summed E-state index contributed by atoms with van der Waals surface area (Å²) in [5.41, 5.74) is 2.75. The molecule has 0 saturated heterocycles. The summed E-state index contributed by atoms with van der Waals surface area (Å²) in [6, 6.07) is 16.6.